The van der Waals surface area contributed by atoms with E-state index in [2.05, 4.69) is 4.98 Å². The fourth-order valence-electron chi connectivity index (χ4n) is 2.99. The van der Waals surface area contributed by atoms with E-state index in [0.29, 0.717) is 6.54 Å². The van der Waals surface area contributed by atoms with Crippen molar-refractivity contribution in [2.24, 2.45) is 0 Å². The van der Waals surface area contributed by atoms with Gasteiger partial charge in [-0.2, -0.15) is 8.78 Å². The number of nitrogens with zero attached hydrogens (tertiary/aromatic N) is 4. The Morgan fingerprint density at radius 2 is 2.12 bits per heavy atom. The number of fused-ring (bicyclic) bond motifs is 1. The van der Waals surface area contributed by atoms with E-state index in [1.165, 1.54) is 12.4 Å². The lowest BCUT2D eigenvalue weighted by Crippen LogP contribution is -2.45. The Morgan fingerprint density at radius 3 is 2.88 bits per heavy atom. The van der Waals surface area contributed by atoms with Gasteiger partial charge in [0.15, 0.2) is 0 Å². The lowest BCUT2D eigenvalue weighted by atomic mass is 10.2. The van der Waals surface area contributed by atoms with E-state index < -0.39 is 12.6 Å². The Morgan fingerprint density at radius 1 is 1.38 bits per heavy atom. The van der Waals surface area contributed by atoms with Crippen molar-refractivity contribution >= 4 is 11.6 Å². The predicted molar refractivity (Wildman–Crippen MR) is 86.9 cm³/mol. The molecule has 2 aromatic rings. The Kier molecular flexibility index (Phi) is 4.62. The first-order valence-electron chi connectivity index (χ1n) is 7.88. The Bertz CT molecular complexity index is 731. The van der Waals surface area contributed by atoms with Crippen LogP contribution in [0.5, 0.6) is 0 Å². The molecule has 0 saturated carbocycles. The monoisotopic (exact) mass is 334 g/mol. The van der Waals surface area contributed by atoms with Gasteiger partial charge in [-0.15, -0.1) is 0 Å². The maximum atomic E-state index is 12.9. The summed E-state index contributed by atoms with van der Waals surface area (Å²) in [5, 5.41) is 0. The molecule has 0 bridgehead atoms. The van der Waals surface area contributed by atoms with Crippen LogP contribution in [0.4, 0.5) is 14.5 Å². The molecule has 7 heteroatoms. The number of anilines is 1. The molecule has 128 valence electrons. The molecule has 0 radical (unpaired) electrons. The van der Waals surface area contributed by atoms with E-state index in [0.717, 1.165) is 22.2 Å². The molecular formula is C17H20F2N4O. The van der Waals surface area contributed by atoms with Gasteiger partial charge >= 0.3 is 6.55 Å². The van der Waals surface area contributed by atoms with E-state index in [1.54, 1.807) is 23.8 Å². The highest BCUT2D eigenvalue weighted by Crippen LogP contribution is 2.28. The molecule has 0 aliphatic carbocycles. The van der Waals surface area contributed by atoms with Crippen molar-refractivity contribution in [3.05, 3.63) is 48.0 Å². The second-order valence-corrected chi connectivity index (χ2v) is 5.99. The molecule has 3 rings (SSSR count). The van der Waals surface area contributed by atoms with Crippen LogP contribution in [0.1, 0.15) is 24.9 Å². The molecule has 0 N–H and O–H groups in total. The van der Waals surface area contributed by atoms with Crippen LogP contribution in [0, 0.1) is 0 Å². The van der Waals surface area contributed by atoms with Gasteiger partial charge in [-0.1, -0.05) is 18.2 Å². The van der Waals surface area contributed by atoms with E-state index >= 15 is 0 Å². The minimum atomic E-state index is -2.63. The zero-order chi connectivity index (χ0) is 17.3. The minimum Gasteiger partial charge on any atom is -0.310 e. The summed E-state index contributed by atoms with van der Waals surface area (Å²) in [5.74, 6) is 0.214. The first-order chi connectivity index (χ1) is 11.5. The van der Waals surface area contributed by atoms with Crippen LogP contribution in [0.15, 0.2) is 36.7 Å². The van der Waals surface area contributed by atoms with Crippen molar-refractivity contribution in [1.82, 2.24) is 14.5 Å². The van der Waals surface area contributed by atoms with E-state index in [-0.39, 0.29) is 18.3 Å². The molecule has 0 fully saturated rings. The van der Waals surface area contributed by atoms with E-state index in [1.807, 2.05) is 24.3 Å². The van der Waals surface area contributed by atoms with Crippen molar-refractivity contribution in [3.8, 4) is 0 Å². The average Bonchev–Trinajstić information content (AvgIpc) is 3.20. The zero-order valence-electron chi connectivity index (χ0n) is 13.7. The molecule has 1 aliphatic rings. The Balaban J connectivity index is 1.71. The van der Waals surface area contributed by atoms with Gasteiger partial charge in [0, 0.05) is 24.6 Å². The molecule has 5 nitrogen and oxygen atoms in total. The van der Waals surface area contributed by atoms with Crippen LogP contribution in [0.25, 0.3) is 0 Å². The average molecular weight is 334 g/mol. The van der Waals surface area contributed by atoms with Crippen molar-refractivity contribution in [2.75, 3.05) is 18.5 Å². The number of alkyl halides is 2. The molecule has 1 atom stereocenters. The number of carbonyl (C=O) groups is 1. The number of aromatic nitrogens is 2. The predicted octanol–water partition coefficient (Wildman–Crippen LogP) is 2.69. The highest BCUT2D eigenvalue weighted by Gasteiger charge is 2.30. The Hall–Kier alpha value is -2.28. The van der Waals surface area contributed by atoms with Gasteiger partial charge in [0.1, 0.15) is 5.82 Å². The quantitative estimate of drug-likeness (QED) is 0.844. The minimum absolute atomic E-state index is 0.0300. The third-order valence-electron chi connectivity index (χ3n) is 4.52. The number of hydrogen-bond acceptors (Lipinski definition) is 3. The molecule has 1 aromatic heterocycles. The first kappa shape index (κ1) is 16.6. The third kappa shape index (κ3) is 3.03. The SMILES string of the molecule is CC(C(=O)N1CCc2ccccc21)N(C)Cc1nccn1C(F)F. The highest BCUT2D eigenvalue weighted by atomic mass is 19.3. The highest BCUT2D eigenvalue weighted by molar-refractivity contribution is 5.98. The van der Waals surface area contributed by atoms with Crippen LogP contribution < -0.4 is 4.90 Å². The van der Waals surface area contributed by atoms with Crippen LogP contribution in [0.2, 0.25) is 0 Å². The zero-order valence-corrected chi connectivity index (χ0v) is 13.7. The number of likely N-dealkylation sites (N-methyl/N-ethyl adjacent to an activating group) is 1. The van der Waals surface area contributed by atoms with Gasteiger partial charge in [0.2, 0.25) is 5.91 Å². The van der Waals surface area contributed by atoms with Crippen molar-refractivity contribution < 1.29 is 13.6 Å². The van der Waals surface area contributed by atoms with Gasteiger partial charge in [-0.3, -0.25) is 14.3 Å². The molecule has 1 amide bonds. The van der Waals surface area contributed by atoms with E-state index in [9.17, 15) is 13.6 Å². The van der Waals surface area contributed by atoms with Crippen molar-refractivity contribution in [3.63, 3.8) is 0 Å². The maximum absolute atomic E-state index is 12.9. The summed E-state index contributed by atoms with van der Waals surface area (Å²) in [6.45, 7) is -0.00640. The number of rotatable bonds is 5. The van der Waals surface area contributed by atoms with Crippen LogP contribution in [-0.4, -0.2) is 40.0 Å². The fourth-order valence-corrected chi connectivity index (χ4v) is 2.99. The maximum Gasteiger partial charge on any atom is 0.319 e. The molecule has 2 heterocycles. The second kappa shape index (κ2) is 6.68. The van der Waals surface area contributed by atoms with Gasteiger partial charge in [-0.05, 0) is 32.0 Å². The molecule has 1 unspecified atom stereocenters. The number of carbonyl (C=O) groups excluding carboxylic acids is 1. The fraction of sp³-hybridized carbons (Fsp3) is 0.412. The van der Waals surface area contributed by atoms with Crippen LogP contribution in [-0.2, 0) is 17.8 Å². The lowest BCUT2D eigenvalue weighted by Gasteiger charge is -2.28. The smallest absolute Gasteiger partial charge is 0.310 e. The molecule has 24 heavy (non-hydrogen) atoms. The summed E-state index contributed by atoms with van der Waals surface area (Å²) in [7, 11) is 1.75. The largest absolute Gasteiger partial charge is 0.319 e. The topological polar surface area (TPSA) is 41.4 Å². The summed E-state index contributed by atoms with van der Waals surface area (Å²) in [6.07, 6.45) is 3.43. The molecule has 1 aromatic carbocycles. The van der Waals surface area contributed by atoms with Crippen molar-refractivity contribution in [2.45, 2.75) is 32.5 Å². The van der Waals surface area contributed by atoms with Crippen LogP contribution in [0.3, 0.4) is 0 Å². The Labute approximate surface area is 139 Å². The van der Waals surface area contributed by atoms with E-state index in [4.69, 9.17) is 0 Å². The number of benzene rings is 1. The molecule has 0 spiro atoms. The summed E-state index contributed by atoms with van der Waals surface area (Å²) >= 11 is 0. The third-order valence-corrected chi connectivity index (χ3v) is 4.52. The number of amides is 1. The summed E-state index contributed by atoms with van der Waals surface area (Å²) in [6, 6.07) is 7.41. The number of imidazole rings is 1. The lowest BCUT2D eigenvalue weighted by molar-refractivity contribution is -0.122. The number of hydrogen-bond donors (Lipinski definition) is 0. The standard InChI is InChI=1S/C17H20F2N4O/c1-12(21(2)11-15-20-8-10-23(15)17(18)19)16(24)22-9-7-13-5-3-4-6-14(13)22/h3-6,8,10,12,17H,7,9,11H2,1-2H3. The second-order valence-electron chi connectivity index (χ2n) is 5.99. The normalized spacial score (nSPS) is 15.2. The molecular weight excluding hydrogens is 314 g/mol. The first-order valence-corrected chi connectivity index (χ1v) is 7.88. The molecule has 0 saturated heterocycles. The van der Waals surface area contributed by atoms with Gasteiger partial charge in [0.25, 0.3) is 0 Å². The summed E-state index contributed by atoms with van der Waals surface area (Å²) < 4.78 is 26.6. The van der Waals surface area contributed by atoms with Gasteiger partial charge in [-0.25, -0.2) is 4.98 Å². The number of halogens is 2. The number of para-hydroxylation sites is 1. The van der Waals surface area contributed by atoms with Gasteiger partial charge < -0.3 is 4.90 Å². The molecule has 1 aliphatic heterocycles. The van der Waals surface area contributed by atoms with Crippen LogP contribution >= 0.6 is 0 Å². The van der Waals surface area contributed by atoms with Gasteiger partial charge in [0.05, 0.1) is 12.6 Å². The van der Waals surface area contributed by atoms with Crippen molar-refractivity contribution in [1.29, 1.82) is 0 Å². The summed E-state index contributed by atoms with van der Waals surface area (Å²) in [5.41, 5.74) is 2.10. The summed E-state index contributed by atoms with van der Waals surface area (Å²) in [4.78, 5) is 20.3.